The monoisotopic (exact) mass is 387 g/mol. The number of nitrogens with zero attached hydrogens (tertiary/aromatic N) is 2. The number of ether oxygens (including phenoxy) is 1. The van der Waals surface area contributed by atoms with Crippen LogP contribution in [-0.4, -0.2) is 35.3 Å². The van der Waals surface area contributed by atoms with Gasteiger partial charge >= 0.3 is 5.97 Å². The normalized spacial score (nSPS) is 13.6. The minimum atomic E-state index is -0.761. The largest absolute Gasteiger partial charge is 0.452 e. The smallest absolute Gasteiger partial charge is 0.338 e. The lowest BCUT2D eigenvalue weighted by Gasteiger charge is -2.14. The van der Waals surface area contributed by atoms with Crippen molar-refractivity contribution in [3.63, 3.8) is 0 Å². The molecule has 8 nitrogen and oxygen atoms in total. The Morgan fingerprint density at radius 1 is 1.15 bits per heavy atom. The number of esters is 1. The number of carbonyl (C=O) groups is 4. The molecular formula is C18H14ClN3O5. The second-order valence-corrected chi connectivity index (χ2v) is 6.00. The zero-order valence-corrected chi connectivity index (χ0v) is 14.7. The van der Waals surface area contributed by atoms with E-state index in [9.17, 15) is 19.2 Å². The number of carbonyl (C=O) groups excluding carboxylic acids is 4. The summed E-state index contributed by atoms with van der Waals surface area (Å²) in [6, 6.07) is 9.07. The van der Waals surface area contributed by atoms with Gasteiger partial charge in [-0.1, -0.05) is 17.7 Å². The van der Waals surface area contributed by atoms with Crippen LogP contribution in [0.15, 0.2) is 42.6 Å². The fourth-order valence-electron chi connectivity index (χ4n) is 2.52. The number of amides is 3. The van der Waals surface area contributed by atoms with E-state index < -0.39 is 18.5 Å². The average molecular weight is 388 g/mol. The van der Waals surface area contributed by atoms with Gasteiger partial charge in [0.25, 0.3) is 5.91 Å². The molecule has 1 aliphatic rings. The fourth-order valence-corrected chi connectivity index (χ4v) is 2.68. The van der Waals surface area contributed by atoms with E-state index in [1.807, 2.05) is 0 Å². The topological polar surface area (TPSA) is 106 Å². The molecular weight excluding hydrogens is 374 g/mol. The summed E-state index contributed by atoms with van der Waals surface area (Å²) in [4.78, 5) is 52.5. The van der Waals surface area contributed by atoms with Crippen molar-refractivity contribution in [2.75, 3.05) is 16.8 Å². The SMILES string of the molecule is O=C(COC(=O)c1cccc(N2C(=O)CCC2=O)c1)Nc1cccnc1Cl. The first kappa shape index (κ1) is 18.5. The first-order chi connectivity index (χ1) is 13.0. The molecule has 0 atom stereocenters. The van der Waals surface area contributed by atoms with Gasteiger partial charge < -0.3 is 10.1 Å². The van der Waals surface area contributed by atoms with Crippen LogP contribution < -0.4 is 10.2 Å². The molecule has 1 saturated heterocycles. The van der Waals surface area contributed by atoms with E-state index in [1.54, 1.807) is 18.2 Å². The molecule has 1 aliphatic heterocycles. The minimum Gasteiger partial charge on any atom is -0.452 e. The molecule has 0 radical (unpaired) electrons. The maximum atomic E-state index is 12.2. The summed E-state index contributed by atoms with van der Waals surface area (Å²) in [7, 11) is 0. The van der Waals surface area contributed by atoms with Gasteiger partial charge in [-0.3, -0.25) is 19.3 Å². The number of anilines is 2. The van der Waals surface area contributed by atoms with Crippen LogP contribution in [0.2, 0.25) is 5.15 Å². The van der Waals surface area contributed by atoms with Crippen molar-refractivity contribution in [1.82, 2.24) is 4.98 Å². The lowest BCUT2D eigenvalue weighted by molar-refractivity contribution is -0.121. The van der Waals surface area contributed by atoms with Crippen molar-refractivity contribution < 1.29 is 23.9 Å². The molecule has 1 aromatic carbocycles. The molecule has 2 heterocycles. The van der Waals surface area contributed by atoms with Crippen molar-refractivity contribution in [2.24, 2.45) is 0 Å². The Labute approximate surface area is 159 Å². The van der Waals surface area contributed by atoms with E-state index in [2.05, 4.69) is 10.3 Å². The van der Waals surface area contributed by atoms with Crippen molar-refractivity contribution in [3.8, 4) is 0 Å². The van der Waals surface area contributed by atoms with Crippen molar-refractivity contribution >= 4 is 46.7 Å². The molecule has 0 aliphatic carbocycles. The molecule has 0 saturated carbocycles. The van der Waals surface area contributed by atoms with Gasteiger partial charge in [0.1, 0.15) is 0 Å². The highest BCUT2D eigenvalue weighted by molar-refractivity contribution is 6.32. The van der Waals surface area contributed by atoms with Crippen LogP contribution in [0, 0.1) is 0 Å². The first-order valence-corrected chi connectivity index (χ1v) is 8.37. The number of hydrogen-bond acceptors (Lipinski definition) is 6. The summed E-state index contributed by atoms with van der Waals surface area (Å²) in [5, 5.41) is 2.59. The maximum Gasteiger partial charge on any atom is 0.338 e. The average Bonchev–Trinajstić information content (AvgIpc) is 3.00. The molecule has 9 heteroatoms. The summed E-state index contributed by atoms with van der Waals surface area (Å²) in [5.74, 6) is -1.99. The van der Waals surface area contributed by atoms with E-state index in [-0.39, 0.29) is 35.4 Å². The second kappa shape index (κ2) is 7.96. The van der Waals surface area contributed by atoms with Crippen LogP contribution in [0.1, 0.15) is 23.2 Å². The van der Waals surface area contributed by atoms with Crippen molar-refractivity contribution in [1.29, 1.82) is 0 Å². The highest BCUT2D eigenvalue weighted by Crippen LogP contribution is 2.23. The van der Waals surface area contributed by atoms with Crippen LogP contribution in [0.4, 0.5) is 11.4 Å². The van der Waals surface area contributed by atoms with Gasteiger partial charge in [-0.2, -0.15) is 0 Å². The fraction of sp³-hybridized carbons (Fsp3) is 0.167. The van der Waals surface area contributed by atoms with Crippen LogP contribution >= 0.6 is 11.6 Å². The number of imide groups is 1. The second-order valence-electron chi connectivity index (χ2n) is 5.64. The molecule has 0 unspecified atom stereocenters. The van der Waals surface area contributed by atoms with Crippen molar-refractivity contribution in [2.45, 2.75) is 12.8 Å². The maximum absolute atomic E-state index is 12.2. The van der Waals surface area contributed by atoms with Crippen LogP contribution in [0.25, 0.3) is 0 Å². The molecule has 1 N–H and O–H groups in total. The number of halogens is 1. The highest BCUT2D eigenvalue weighted by atomic mass is 35.5. The third kappa shape index (κ3) is 4.29. The van der Waals surface area contributed by atoms with Crippen LogP contribution in [0.5, 0.6) is 0 Å². The van der Waals surface area contributed by atoms with Gasteiger partial charge in [0, 0.05) is 19.0 Å². The van der Waals surface area contributed by atoms with E-state index in [4.69, 9.17) is 16.3 Å². The van der Waals surface area contributed by atoms with Gasteiger partial charge in [-0.25, -0.2) is 9.78 Å². The van der Waals surface area contributed by atoms with Gasteiger partial charge in [0.2, 0.25) is 11.8 Å². The molecule has 0 bridgehead atoms. The number of rotatable bonds is 5. The van der Waals surface area contributed by atoms with Gasteiger partial charge in [0.15, 0.2) is 11.8 Å². The summed E-state index contributed by atoms with van der Waals surface area (Å²) >= 11 is 5.84. The first-order valence-electron chi connectivity index (χ1n) is 7.99. The summed E-state index contributed by atoms with van der Waals surface area (Å²) < 4.78 is 4.97. The number of aromatic nitrogens is 1. The summed E-state index contributed by atoms with van der Waals surface area (Å²) in [6.07, 6.45) is 1.76. The summed E-state index contributed by atoms with van der Waals surface area (Å²) in [5.41, 5.74) is 0.712. The molecule has 27 heavy (non-hydrogen) atoms. The van der Waals surface area contributed by atoms with E-state index in [1.165, 1.54) is 24.4 Å². The minimum absolute atomic E-state index is 0.116. The Bertz CT molecular complexity index is 915. The zero-order chi connectivity index (χ0) is 19.4. The number of hydrogen-bond donors (Lipinski definition) is 1. The third-order valence-electron chi connectivity index (χ3n) is 3.76. The molecule has 2 aromatic rings. The van der Waals surface area contributed by atoms with E-state index in [0.717, 1.165) is 4.90 Å². The Balaban J connectivity index is 1.62. The Morgan fingerprint density at radius 2 is 1.89 bits per heavy atom. The molecule has 1 fully saturated rings. The van der Waals surface area contributed by atoms with Crippen LogP contribution in [0.3, 0.4) is 0 Å². The highest BCUT2D eigenvalue weighted by Gasteiger charge is 2.30. The van der Waals surface area contributed by atoms with Gasteiger partial charge in [-0.15, -0.1) is 0 Å². The Hall–Kier alpha value is -3.26. The number of nitrogens with one attached hydrogen (secondary N) is 1. The molecule has 3 amide bonds. The van der Waals surface area contributed by atoms with E-state index >= 15 is 0 Å². The third-order valence-corrected chi connectivity index (χ3v) is 4.06. The number of pyridine rings is 1. The lowest BCUT2D eigenvalue weighted by atomic mass is 10.2. The zero-order valence-electron chi connectivity index (χ0n) is 14.0. The van der Waals surface area contributed by atoms with Crippen molar-refractivity contribution in [3.05, 3.63) is 53.3 Å². The molecule has 138 valence electrons. The predicted octanol–water partition coefficient (Wildman–Crippen LogP) is 2.18. The molecule has 1 aromatic heterocycles. The van der Waals surface area contributed by atoms with Gasteiger partial charge in [-0.05, 0) is 30.3 Å². The predicted molar refractivity (Wildman–Crippen MR) is 96.3 cm³/mol. The lowest BCUT2D eigenvalue weighted by Crippen LogP contribution is -2.28. The Morgan fingerprint density at radius 3 is 2.59 bits per heavy atom. The van der Waals surface area contributed by atoms with Gasteiger partial charge in [0.05, 0.1) is 16.9 Å². The standard InChI is InChI=1S/C18H14ClN3O5/c19-17-13(5-2-8-20-17)21-14(23)10-27-18(26)11-3-1-4-12(9-11)22-15(24)6-7-16(22)25/h1-5,8-9H,6-7,10H2,(H,21,23). The molecule has 0 spiro atoms. The van der Waals surface area contributed by atoms with Crippen LogP contribution in [-0.2, 0) is 19.1 Å². The number of benzene rings is 1. The molecule has 3 rings (SSSR count). The van der Waals surface area contributed by atoms with E-state index in [0.29, 0.717) is 11.4 Å². The summed E-state index contributed by atoms with van der Waals surface area (Å²) in [6.45, 7) is -0.532. The Kier molecular flexibility index (Phi) is 5.46. The quantitative estimate of drug-likeness (QED) is 0.479.